The number of ether oxygens (including phenoxy) is 2. The highest BCUT2D eigenvalue weighted by atomic mass is 16.5. The van der Waals surface area contributed by atoms with Crippen molar-refractivity contribution in [3.8, 4) is 11.5 Å². The lowest BCUT2D eigenvalue weighted by molar-refractivity contribution is 0.0952. The lowest BCUT2D eigenvalue weighted by Crippen LogP contribution is -2.34. The molecule has 0 radical (unpaired) electrons. The van der Waals surface area contributed by atoms with Crippen LogP contribution in [-0.4, -0.2) is 34.7 Å². The fourth-order valence-corrected chi connectivity index (χ4v) is 3.96. The number of aromatic amines is 1. The van der Waals surface area contributed by atoms with Crippen molar-refractivity contribution in [3.05, 3.63) is 61.9 Å². The number of para-hydroxylation sites is 1. The number of nitrogens with one attached hydrogen (secondary N) is 2. The van der Waals surface area contributed by atoms with Crippen LogP contribution in [0.3, 0.4) is 0 Å². The summed E-state index contributed by atoms with van der Waals surface area (Å²) in [6.45, 7) is 4.51. The minimum Gasteiger partial charge on any atom is -0.493 e. The van der Waals surface area contributed by atoms with E-state index in [0.29, 0.717) is 18.0 Å². The average Bonchev–Trinajstić information content (AvgIpc) is 3.64. The number of H-pyrrole nitrogens is 1. The molecule has 174 valence electrons. The first kappa shape index (κ1) is 22.6. The zero-order chi connectivity index (χ0) is 23.7. The second-order valence-electron chi connectivity index (χ2n) is 8.67. The van der Waals surface area contributed by atoms with Gasteiger partial charge in [-0.2, -0.15) is 0 Å². The number of hydrogen-bond acceptors (Lipinski definition) is 6. The predicted octanol–water partition coefficient (Wildman–Crippen LogP) is 2.57. The highest BCUT2D eigenvalue weighted by Gasteiger charge is 2.29. The molecule has 1 aliphatic carbocycles. The van der Waals surface area contributed by atoms with Crippen molar-refractivity contribution in [1.29, 1.82) is 0 Å². The molecule has 4 rings (SSSR count). The second kappa shape index (κ2) is 9.09. The fraction of sp³-hybridized carbons (Fsp3) is 0.417. The summed E-state index contributed by atoms with van der Waals surface area (Å²) in [6.07, 6.45) is 1.94. The number of carbonyl (C=O) groups excluding carboxylic acids is 1. The number of benzene rings is 1. The zero-order valence-electron chi connectivity index (χ0n) is 19.2. The van der Waals surface area contributed by atoms with Gasteiger partial charge in [0.05, 0.1) is 25.2 Å². The molecule has 0 spiro atoms. The van der Waals surface area contributed by atoms with Crippen molar-refractivity contribution in [2.45, 2.75) is 45.7 Å². The Labute approximate surface area is 190 Å². The van der Waals surface area contributed by atoms with Gasteiger partial charge in [-0.3, -0.25) is 19.1 Å². The molecule has 2 N–H and O–H groups in total. The van der Waals surface area contributed by atoms with Crippen LogP contribution in [0, 0.1) is 5.92 Å². The predicted molar refractivity (Wildman–Crippen MR) is 124 cm³/mol. The van der Waals surface area contributed by atoms with E-state index in [-0.39, 0.29) is 35.0 Å². The number of carbonyl (C=O) groups is 1. The van der Waals surface area contributed by atoms with Crippen molar-refractivity contribution in [2.24, 2.45) is 5.92 Å². The van der Waals surface area contributed by atoms with Gasteiger partial charge in [0.25, 0.3) is 11.5 Å². The normalized spacial score (nSPS) is 13.4. The van der Waals surface area contributed by atoms with Crippen LogP contribution in [0.25, 0.3) is 11.0 Å². The first-order valence-electron chi connectivity index (χ1n) is 11.0. The van der Waals surface area contributed by atoms with E-state index < -0.39 is 17.2 Å². The Morgan fingerprint density at radius 3 is 2.64 bits per heavy atom. The minimum absolute atomic E-state index is 0.120. The Hall–Kier alpha value is -3.62. The van der Waals surface area contributed by atoms with Crippen LogP contribution in [0.5, 0.6) is 11.5 Å². The van der Waals surface area contributed by atoms with Gasteiger partial charge in [0.1, 0.15) is 0 Å². The summed E-state index contributed by atoms with van der Waals surface area (Å²) in [7, 11) is 3.08. The van der Waals surface area contributed by atoms with Crippen molar-refractivity contribution in [1.82, 2.24) is 19.9 Å². The van der Waals surface area contributed by atoms with E-state index in [1.165, 1.54) is 11.7 Å². The van der Waals surface area contributed by atoms with Crippen molar-refractivity contribution in [2.75, 3.05) is 14.2 Å². The maximum atomic E-state index is 13.3. The first-order valence-corrected chi connectivity index (χ1v) is 11.0. The van der Waals surface area contributed by atoms with Crippen molar-refractivity contribution < 1.29 is 14.3 Å². The first-order chi connectivity index (χ1) is 15.8. The molecule has 3 aromatic rings. The average molecular weight is 453 g/mol. The lowest BCUT2D eigenvalue weighted by Gasteiger charge is -2.16. The summed E-state index contributed by atoms with van der Waals surface area (Å²) >= 11 is 0. The molecule has 33 heavy (non-hydrogen) atoms. The van der Waals surface area contributed by atoms with Gasteiger partial charge in [0.15, 0.2) is 17.1 Å². The summed E-state index contributed by atoms with van der Waals surface area (Å²) in [5, 5.41) is 3.00. The molecule has 1 amide bonds. The monoisotopic (exact) mass is 452 g/mol. The number of nitrogens with zero attached hydrogens (tertiary/aromatic N) is 2. The van der Waals surface area contributed by atoms with E-state index in [2.05, 4.69) is 15.3 Å². The molecule has 0 aliphatic heterocycles. The highest BCUT2D eigenvalue weighted by Crippen LogP contribution is 2.40. The summed E-state index contributed by atoms with van der Waals surface area (Å²) < 4.78 is 12.2. The molecule has 1 aromatic carbocycles. The van der Waals surface area contributed by atoms with Crippen LogP contribution in [-0.2, 0) is 13.1 Å². The zero-order valence-corrected chi connectivity index (χ0v) is 19.2. The van der Waals surface area contributed by atoms with Crippen LogP contribution in [0.2, 0.25) is 0 Å². The van der Waals surface area contributed by atoms with E-state index in [1.54, 1.807) is 19.2 Å². The number of aromatic nitrogens is 3. The van der Waals surface area contributed by atoms with Crippen molar-refractivity contribution >= 4 is 16.9 Å². The Morgan fingerprint density at radius 2 is 2.00 bits per heavy atom. The quantitative estimate of drug-likeness (QED) is 0.543. The lowest BCUT2D eigenvalue weighted by atomic mass is 10.1. The van der Waals surface area contributed by atoms with Crippen molar-refractivity contribution in [3.63, 3.8) is 0 Å². The van der Waals surface area contributed by atoms with E-state index in [0.717, 1.165) is 24.1 Å². The minimum atomic E-state index is -0.617. The molecular formula is C24H28N4O5. The molecular weight excluding hydrogens is 424 g/mol. The highest BCUT2D eigenvalue weighted by molar-refractivity contribution is 6.05. The number of hydrogen-bond donors (Lipinski definition) is 2. The van der Waals surface area contributed by atoms with Gasteiger partial charge in [-0.25, -0.2) is 9.78 Å². The van der Waals surface area contributed by atoms with Gasteiger partial charge in [-0.15, -0.1) is 0 Å². The van der Waals surface area contributed by atoms with Gasteiger partial charge in [-0.1, -0.05) is 26.0 Å². The van der Waals surface area contributed by atoms with Crippen LogP contribution in [0.15, 0.2) is 33.9 Å². The molecule has 9 nitrogen and oxygen atoms in total. The Kier molecular flexibility index (Phi) is 6.22. The topological polar surface area (TPSA) is 115 Å². The number of fused-ring (bicyclic) bond motifs is 1. The SMILES string of the molecule is COc1cccc(CNC(=O)c2cc(C3CC3)nc3c2c(=O)[nH]c(=O)n3CC(C)C)c1OC. The Morgan fingerprint density at radius 1 is 1.24 bits per heavy atom. The van der Waals surface area contributed by atoms with Crippen LogP contribution < -0.4 is 26.0 Å². The number of pyridine rings is 1. The largest absolute Gasteiger partial charge is 0.493 e. The third-order valence-corrected chi connectivity index (χ3v) is 5.68. The van der Waals surface area contributed by atoms with Gasteiger partial charge in [0, 0.05) is 30.3 Å². The molecule has 9 heteroatoms. The van der Waals surface area contributed by atoms with E-state index in [9.17, 15) is 14.4 Å². The third kappa shape index (κ3) is 4.48. The second-order valence-corrected chi connectivity index (χ2v) is 8.67. The molecule has 2 aromatic heterocycles. The maximum absolute atomic E-state index is 13.3. The van der Waals surface area contributed by atoms with Crippen LogP contribution >= 0.6 is 0 Å². The molecule has 1 fully saturated rings. The van der Waals surface area contributed by atoms with Crippen LogP contribution in [0.1, 0.15) is 54.2 Å². The summed E-state index contributed by atoms with van der Waals surface area (Å²) in [6, 6.07) is 7.09. The number of methoxy groups -OCH3 is 2. The molecule has 0 unspecified atom stereocenters. The van der Waals surface area contributed by atoms with E-state index in [4.69, 9.17) is 9.47 Å². The molecule has 1 aliphatic rings. The fourth-order valence-electron chi connectivity index (χ4n) is 3.96. The van der Waals surface area contributed by atoms with Gasteiger partial charge < -0.3 is 14.8 Å². The molecule has 1 saturated carbocycles. The molecule has 2 heterocycles. The van der Waals surface area contributed by atoms with Gasteiger partial charge in [0.2, 0.25) is 0 Å². The van der Waals surface area contributed by atoms with Gasteiger partial charge >= 0.3 is 5.69 Å². The van der Waals surface area contributed by atoms with Crippen LogP contribution in [0.4, 0.5) is 0 Å². The standard InChI is InChI=1S/C24H28N4O5/c1-13(2)12-28-21-19(23(30)27-24(28)31)16(10-17(26-21)14-8-9-14)22(29)25-11-15-6-5-7-18(32-3)20(15)33-4/h5-7,10,13-14H,8-9,11-12H2,1-4H3,(H,25,29)(H,27,30,31). The van der Waals surface area contributed by atoms with E-state index in [1.807, 2.05) is 26.0 Å². The smallest absolute Gasteiger partial charge is 0.330 e. The number of amides is 1. The Balaban J connectivity index is 1.78. The number of rotatable bonds is 8. The van der Waals surface area contributed by atoms with Gasteiger partial charge in [-0.05, 0) is 30.9 Å². The summed E-state index contributed by atoms with van der Waals surface area (Å²) in [4.78, 5) is 45.6. The third-order valence-electron chi connectivity index (χ3n) is 5.68. The molecule has 0 atom stereocenters. The maximum Gasteiger partial charge on any atom is 0.330 e. The molecule has 0 saturated heterocycles. The Bertz CT molecular complexity index is 1320. The molecule has 0 bridgehead atoms. The van der Waals surface area contributed by atoms with E-state index >= 15 is 0 Å². The summed E-state index contributed by atoms with van der Waals surface area (Å²) in [5.41, 5.74) is 0.794. The summed E-state index contributed by atoms with van der Waals surface area (Å²) in [5.74, 6) is 1.06.